The first-order chi connectivity index (χ1) is 8.43. The molecule has 0 radical (unpaired) electrons. The smallest absolute Gasteiger partial charge is 0.230 e. The molecule has 0 aromatic carbocycles. The summed E-state index contributed by atoms with van der Waals surface area (Å²) in [5, 5.41) is 2.54. The van der Waals surface area contributed by atoms with Crippen LogP contribution in [-0.4, -0.2) is 11.8 Å². The lowest BCUT2D eigenvalue weighted by atomic mass is 9.58. The van der Waals surface area contributed by atoms with Gasteiger partial charge in [0.1, 0.15) is 0 Å². The second kappa shape index (κ2) is 5.02. The van der Waals surface area contributed by atoms with Gasteiger partial charge in [0.05, 0.1) is 0 Å². The standard InChI is InChI=1S/C15H25NO2/c1-10(2)7-12-14(18)16-13(17)9-15(12)6-4-5-11(3)8-15/h10-12H,4-9H2,1-3H3,(H,16,17,18). The highest BCUT2D eigenvalue weighted by Crippen LogP contribution is 2.50. The molecule has 1 aliphatic heterocycles. The summed E-state index contributed by atoms with van der Waals surface area (Å²) in [6, 6.07) is 0. The lowest BCUT2D eigenvalue weighted by Gasteiger charge is -2.47. The molecular weight excluding hydrogens is 226 g/mol. The molecule has 0 aromatic rings. The fourth-order valence-corrected chi connectivity index (χ4v) is 4.00. The predicted octanol–water partition coefficient (Wildman–Crippen LogP) is 2.89. The second-order valence-electron chi connectivity index (χ2n) is 6.84. The number of piperidine rings is 1. The van der Waals surface area contributed by atoms with E-state index in [1.807, 2.05) is 0 Å². The quantitative estimate of drug-likeness (QED) is 0.767. The normalized spacial score (nSPS) is 37.1. The van der Waals surface area contributed by atoms with Crippen LogP contribution < -0.4 is 5.32 Å². The third kappa shape index (κ3) is 2.60. The minimum absolute atomic E-state index is 0.0194. The monoisotopic (exact) mass is 251 g/mol. The van der Waals surface area contributed by atoms with Crippen LogP contribution in [0.2, 0.25) is 0 Å². The molecule has 1 heterocycles. The van der Waals surface area contributed by atoms with E-state index in [0.717, 1.165) is 25.7 Å². The zero-order valence-corrected chi connectivity index (χ0v) is 11.8. The molecule has 2 aliphatic rings. The van der Waals surface area contributed by atoms with E-state index in [9.17, 15) is 9.59 Å². The fourth-order valence-electron chi connectivity index (χ4n) is 4.00. The summed E-state index contributed by atoms with van der Waals surface area (Å²) >= 11 is 0. The van der Waals surface area contributed by atoms with Crippen molar-refractivity contribution in [3.8, 4) is 0 Å². The van der Waals surface area contributed by atoms with Crippen molar-refractivity contribution in [1.29, 1.82) is 0 Å². The predicted molar refractivity (Wildman–Crippen MR) is 70.8 cm³/mol. The molecule has 3 heteroatoms. The number of nitrogens with one attached hydrogen (secondary N) is 1. The zero-order valence-electron chi connectivity index (χ0n) is 11.8. The Morgan fingerprint density at radius 2 is 2.11 bits per heavy atom. The maximum absolute atomic E-state index is 12.2. The van der Waals surface area contributed by atoms with Crippen molar-refractivity contribution in [2.45, 2.75) is 59.3 Å². The van der Waals surface area contributed by atoms with Crippen LogP contribution >= 0.6 is 0 Å². The molecule has 0 bridgehead atoms. The molecule has 1 saturated heterocycles. The van der Waals surface area contributed by atoms with Crippen molar-refractivity contribution in [1.82, 2.24) is 5.32 Å². The van der Waals surface area contributed by atoms with Crippen LogP contribution in [0.25, 0.3) is 0 Å². The molecule has 102 valence electrons. The Morgan fingerprint density at radius 1 is 1.39 bits per heavy atom. The molecule has 1 spiro atoms. The summed E-state index contributed by atoms with van der Waals surface area (Å²) in [7, 11) is 0. The summed E-state index contributed by atoms with van der Waals surface area (Å²) in [5.74, 6) is 1.11. The van der Waals surface area contributed by atoms with Crippen LogP contribution in [0.3, 0.4) is 0 Å². The molecule has 1 aliphatic carbocycles. The van der Waals surface area contributed by atoms with E-state index in [-0.39, 0.29) is 23.1 Å². The van der Waals surface area contributed by atoms with Gasteiger partial charge in [-0.05, 0) is 36.5 Å². The summed E-state index contributed by atoms with van der Waals surface area (Å²) < 4.78 is 0. The van der Waals surface area contributed by atoms with E-state index >= 15 is 0 Å². The Morgan fingerprint density at radius 3 is 2.72 bits per heavy atom. The molecular formula is C15H25NO2. The van der Waals surface area contributed by atoms with Crippen LogP contribution in [0.5, 0.6) is 0 Å². The molecule has 3 atom stereocenters. The van der Waals surface area contributed by atoms with Crippen molar-refractivity contribution in [2.75, 3.05) is 0 Å². The van der Waals surface area contributed by atoms with Crippen molar-refractivity contribution in [2.24, 2.45) is 23.2 Å². The second-order valence-corrected chi connectivity index (χ2v) is 6.84. The molecule has 2 rings (SSSR count). The lowest BCUT2D eigenvalue weighted by Crippen LogP contribution is -2.53. The summed E-state index contributed by atoms with van der Waals surface area (Å²) in [4.78, 5) is 23.9. The highest BCUT2D eigenvalue weighted by molar-refractivity contribution is 5.99. The average Bonchev–Trinajstić information content (AvgIpc) is 2.23. The fraction of sp³-hybridized carbons (Fsp3) is 0.867. The first-order valence-corrected chi connectivity index (χ1v) is 7.26. The van der Waals surface area contributed by atoms with E-state index in [4.69, 9.17) is 0 Å². The first kappa shape index (κ1) is 13.6. The van der Waals surface area contributed by atoms with E-state index < -0.39 is 0 Å². The van der Waals surface area contributed by atoms with Gasteiger partial charge >= 0.3 is 0 Å². The molecule has 2 fully saturated rings. The molecule has 0 aromatic heterocycles. The largest absolute Gasteiger partial charge is 0.296 e. The molecule has 1 saturated carbocycles. The number of carbonyl (C=O) groups excluding carboxylic acids is 2. The van der Waals surface area contributed by atoms with E-state index in [1.165, 1.54) is 6.42 Å². The van der Waals surface area contributed by atoms with Gasteiger partial charge < -0.3 is 0 Å². The van der Waals surface area contributed by atoms with Crippen LogP contribution in [0.4, 0.5) is 0 Å². The van der Waals surface area contributed by atoms with E-state index in [0.29, 0.717) is 18.3 Å². The van der Waals surface area contributed by atoms with Gasteiger partial charge in [-0.2, -0.15) is 0 Å². The molecule has 3 nitrogen and oxygen atoms in total. The van der Waals surface area contributed by atoms with Crippen molar-refractivity contribution < 1.29 is 9.59 Å². The van der Waals surface area contributed by atoms with E-state index in [1.54, 1.807) is 0 Å². The SMILES string of the molecule is CC(C)CC1C(=O)NC(=O)CC12CCCC(C)C2. The number of hydrogen-bond acceptors (Lipinski definition) is 2. The van der Waals surface area contributed by atoms with Crippen LogP contribution in [-0.2, 0) is 9.59 Å². The van der Waals surface area contributed by atoms with Crippen LogP contribution in [0, 0.1) is 23.2 Å². The highest BCUT2D eigenvalue weighted by atomic mass is 16.2. The summed E-state index contributed by atoms with van der Waals surface area (Å²) in [5.41, 5.74) is -0.0403. The number of imide groups is 1. The average molecular weight is 251 g/mol. The third-order valence-electron chi connectivity index (χ3n) is 4.66. The van der Waals surface area contributed by atoms with Crippen LogP contribution in [0.15, 0.2) is 0 Å². The number of amides is 2. The Bertz CT molecular complexity index is 350. The Labute approximate surface area is 110 Å². The van der Waals surface area contributed by atoms with Gasteiger partial charge in [0.25, 0.3) is 0 Å². The number of hydrogen-bond donors (Lipinski definition) is 1. The Hall–Kier alpha value is -0.860. The Balaban J connectivity index is 2.25. The van der Waals surface area contributed by atoms with Gasteiger partial charge in [0.2, 0.25) is 11.8 Å². The molecule has 2 amide bonds. The van der Waals surface area contributed by atoms with Gasteiger partial charge in [-0.1, -0.05) is 33.6 Å². The van der Waals surface area contributed by atoms with Gasteiger partial charge in [-0.3, -0.25) is 14.9 Å². The van der Waals surface area contributed by atoms with Gasteiger partial charge in [-0.15, -0.1) is 0 Å². The zero-order chi connectivity index (χ0) is 13.3. The number of carbonyl (C=O) groups is 2. The van der Waals surface area contributed by atoms with Crippen molar-refractivity contribution in [3.05, 3.63) is 0 Å². The topological polar surface area (TPSA) is 46.2 Å². The third-order valence-corrected chi connectivity index (χ3v) is 4.66. The first-order valence-electron chi connectivity index (χ1n) is 7.26. The lowest BCUT2D eigenvalue weighted by molar-refractivity contribution is -0.147. The van der Waals surface area contributed by atoms with E-state index in [2.05, 4.69) is 26.1 Å². The van der Waals surface area contributed by atoms with Crippen LogP contribution in [0.1, 0.15) is 59.3 Å². The van der Waals surface area contributed by atoms with Gasteiger partial charge in [0, 0.05) is 12.3 Å². The molecule has 18 heavy (non-hydrogen) atoms. The maximum Gasteiger partial charge on any atom is 0.230 e. The number of rotatable bonds is 2. The Kier molecular flexibility index (Phi) is 3.79. The molecule has 3 unspecified atom stereocenters. The van der Waals surface area contributed by atoms with Crippen molar-refractivity contribution in [3.63, 3.8) is 0 Å². The molecule has 1 N–H and O–H groups in total. The summed E-state index contributed by atoms with van der Waals surface area (Å²) in [6.45, 7) is 6.57. The summed E-state index contributed by atoms with van der Waals surface area (Å²) in [6.07, 6.45) is 5.96. The van der Waals surface area contributed by atoms with Gasteiger partial charge in [-0.25, -0.2) is 0 Å². The maximum atomic E-state index is 12.2. The highest BCUT2D eigenvalue weighted by Gasteiger charge is 2.49. The minimum atomic E-state index is -0.0610. The van der Waals surface area contributed by atoms with Crippen molar-refractivity contribution >= 4 is 11.8 Å². The van der Waals surface area contributed by atoms with Gasteiger partial charge in [0.15, 0.2) is 0 Å². The minimum Gasteiger partial charge on any atom is -0.296 e.